The monoisotopic (exact) mass is 274 g/mol. The zero-order chi connectivity index (χ0) is 13.8. The van der Waals surface area contributed by atoms with E-state index >= 15 is 0 Å². The van der Waals surface area contributed by atoms with Crippen LogP contribution in [0.2, 0.25) is 0 Å². The van der Waals surface area contributed by atoms with E-state index in [1.165, 1.54) is 64.0 Å². The molecule has 1 aromatic carbocycles. The lowest BCUT2D eigenvalue weighted by Crippen LogP contribution is -3.29. The first-order chi connectivity index (χ1) is 9.81. The Balaban J connectivity index is 1.45. The van der Waals surface area contributed by atoms with Crippen molar-refractivity contribution in [1.29, 1.82) is 0 Å². The van der Waals surface area contributed by atoms with Gasteiger partial charge in [-0.3, -0.25) is 0 Å². The number of quaternary nitrogens is 2. The first-order valence-electron chi connectivity index (χ1n) is 8.53. The van der Waals surface area contributed by atoms with Crippen molar-refractivity contribution in [2.45, 2.75) is 45.2 Å². The Hall–Kier alpha value is -0.860. The minimum atomic E-state index is 0.976. The van der Waals surface area contributed by atoms with Crippen molar-refractivity contribution >= 4 is 0 Å². The Kier molecular flexibility index (Phi) is 4.74. The van der Waals surface area contributed by atoms with Gasteiger partial charge in [0.15, 0.2) is 0 Å². The fourth-order valence-electron chi connectivity index (χ4n) is 4.06. The van der Waals surface area contributed by atoms with Crippen LogP contribution in [0.15, 0.2) is 30.3 Å². The van der Waals surface area contributed by atoms with Gasteiger partial charge in [-0.2, -0.15) is 0 Å². The summed E-state index contributed by atoms with van der Waals surface area (Å²) in [6.07, 6.45) is 5.89. The third-order valence-corrected chi connectivity index (χ3v) is 5.49. The predicted octanol–water partition coefficient (Wildman–Crippen LogP) is 0.549. The van der Waals surface area contributed by atoms with Gasteiger partial charge in [-0.25, -0.2) is 0 Å². The first kappa shape index (κ1) is 14.1. The van der Waals surface area contributed by atoms with Gasteiger partial charge in [-0.1, -0.05) is 37.3 Å². The van der Waals surface area contributed by atoms with Gasteiger partial charge < -0.3 is 9.80 Å². The van der Waals surface area contributed by atoms with Gasteiger partial charge in [-0.15, -0.1) is 0 Å². The number of nitrogens with one attached hydrogen (secondary N) is 2. The van der Waals surface area contributed by atoms with Crippen molar-refractivity contribution in [2.24, 2.45) is 5.92 Å². The Labute approximate surface area is 123 Å². The maximum atomic E-state index is 2.42. The Morgan fingerprint density at radius 2 is 1.55 bits per heavy atom. The second-order valence-electron chi connectivity index (χ2n) is 7.03. The number of piperazine rings is 1. The molecular weight excluding hydrogens is 244 g/mol. The molecule has 0 aromatic heterocycles. The van der Waals surface area contributed by atoms with Gasteiger partial charge >= 0.3 is 0 Å². The molecule has 2 heteroatoms. The summed E-state index contributed by atoms with van der Waals surface area (Å²) in [6, 6.07) is 12.0. The molecule has 0 unspecified atom stereocenters. The van der Waals surface area contributed by atoms with Gasteiger partial charge in [0.05, 0.1) is 6.04 Å². The molecule has 1 aromatic rings. The Bertz CT molecular complexity index is 387. The highest BCUT2D eigenvalue weighted by atomic mass is 15.3. The highest BCUT2D eigenvalue weighted by molar-refractivity contribution is 5.13. The van der Waals surface area contributed by atoms with Crippen LogP contribution in [-0.4, -0.2) is 32.2 Å². The molecule has 0 spiro atoms. The molecule has 1 heterocycles. The van der Waals surface area contributed by atoms with Crippen molar-refractivity contribution in [3.63, 3.8) is 0 Å². The van der Waals surface area contributed by atoms with E-state index < -0.39 is 0 Å². The molecule has 2 aliphatic rings. The van der Waals surface area contributed by atoms with E-state index in [1.807, 2.05) is 4.90 Å². The summed E-state index contributed by atoms with van der Waals surface area (Å²) in [5.74, 6) is 0.982. The average molecular weight is 274 g/mol. The summed E-state index contributed by atoms with van der Waals surface area (Å²) in [5.41, 5.74) is 1.50. The molecule has 1 aliphatic heterocycles. The first-order valence-corrected chi connectivity index (χ1v) is 8.53. The van der Waals surface area contributed by atoms with E-state index in [9.17, 15) is 0 Å². The maximum Gasteiger partial charge on any atom is 0.127 e. The summed E-state index contributed by atoms with van der Waals surface area (Å²) in [7, 11) is 0. The van der Waals surface area contributed by atoms with Crippen molar-refractivity contribution < 1.29 is 9.80 Å². The zero-order valence-corrected chi connectivity index (χ0v) is 12.9. The molecular formula is C18H30N2+2. The quantitative estimate of drug-likeness (QED) is 0.796. The van der Waals surface area contributed by atoms with Crippen LogP contribution < -0.4 is 9.80 Å². The molecule has 1 aliphatic carbocycles. The summed E-state index contributed by atoms with van der Waals surface area (Å²) in [4.78, 5) is 3.69. The van der Waals surface area contributed by atoms with Gasteiger partial charge in [0.25, 0.3) is 0 Å². The maximum absolute atomic E-state index is 2.42. The second-order valence-corrected chi connectivity index (χ2v) is 7.03. The molecule has 2 fully saturated rings. The van der Waals surface area contributed by atoms with Crippen LogP contribution in [0.25, 0.3) is 0 Å². The highest BCUT2D eigenvalue weighted by Crippen LogP contribution is 2.21. The van der Waals surface area contributed by atoms with Gasteiger partial charge in [0.1, 0.15) is 32.7 Å². The molecule has 0 atom stereocenters. The van der Waals surface area contributed by atoms with Gasteiger partial charge in [0.2, 0.25) is 0 Å². The van der Waals surface area contributed by atoms with E-state index in [0.717, 1.165) is 12.0 Å². The van der Waals surface area contributed by atoms with Crippen molar-refractivity contribution in [3.05, 3.63) is 35.9 Å². The normalized spacial score (nSPS) is 34.9. The van der Waals surface area contributed by atoms with Crippen molar-refractivity contribution in [3.8, 4) is 0 Å². The largest absolute Gasteiger partial charge is 0.323 e. The molecule has 1 saturated heterocycles. The molecule has 0 bridgehead atoms. The average Bonchev–Trinajstić information content (AvgIpc) is 2.50. The molecule has 1 saturated carbocycles. The summed E-state index contributed by atoms with van der Waals surface area (Å²) < 4.78 is 0. The molecule has 2 nitrogen and oxygen atoms in total. The zero-order valence-electron chi connectivity index (χ0n) is 12.9. The number of hydrogen-bond acceptors (Lipinski definition) is 0. The molecule has 2 N–H and O–H groups in total. The second kappa shape index (κ2) is 6.73. The number of rotatable bonds is 3. The third kappa shape index (κ3) is 3.62. The van der Waals surface area contributed by atoms with Crippen LogP contribution in [0.3, 0.4) is 0 Å². The SMILES string of the molecule is CC1CCC([NH+]2CC[NH+](Cc3ccccc3)CC2)CC1. The molecule has 3 rings (SSSR count). The lowest BCUT2D eigenvalue weighted by Gasteiger charge is -2.37. The van der Waals surface area contributed by atoms with E-state index in [-0.39, 0.29) is 0 Å². The van der Waals surface area contributed by atoms with Gasteiger partial charge in [0, 0.05) is 5.56 Å². The van der Waals surface area contributed by atoms with Crippen LogP contribution in [0.5, 0.6) is 0 Å². The summed E-state index contributed by atoms with van der Waals surface area (Å²) in [5, 5.41) is 0. The standard InChI is InChI=1S/C18H28N2/c1-16-7-9-18(10-8-16)20-13-11-19(12-14-20)15-17-5-3-2-4-6-17/h2-6,16,18H,7-15H2,1H3/p+2. The molecule has 0 radical (unpaired) electrons. The van der Waals surface area contributed by atoms with E-state index in [4.69, 9.17) is 0 Å². The fraction of sp³-hybridized carbons (Fsp3) is 0.667. The molecule has 20 heavy (non-hydrogen) atoms. The molecule has 110 valence electrons. The topological polar surface area (TPSA) is 8.88 Å². The minimum Gasteiger partial charge on any atom is -0.323 e. The number of hydrogen-bond donors (Lipinski definition) is 2. The third-order valence-electron chi connectivity index (χ3n) is 5.49. The minimum absolute atomic E-state index is 0.976. The predicted molar refractivity (Wildman–Crippen MR) is 83.0 cm³/mol. The van der Waals surface area contributed by atoms with Crippen molar-refractivity contribution in [2.75, 3.05) is 26.2 Å². The van der Waals surface area contributed by atoms with Crippen LogP contribution in [0, 0.1) is 5.92 Å². The van der Waals surface area contributed by atoms with E-state index in [1.54, 1.807) is 4.90 Å². The smallest absolute Gasteiger partial charge is 0.127 e. The van der Waals surface area contributed by atoms with Crippen LogP contribution in [0.1, 0.15) is 38.2 Å². The lowest BCUT2D eigenvalue weighted by atomic mass is 9.86. The van der Waals surface area contributed by atoms with Crippen LogP contribution >= 0.6 is 0 Å². The van der Waals surface area contributed by atoms with Crippen molar-refractivity contribution in [1.82, 2.24) is 0 Å². The highest BCUT2D eigenvalue weighted by Gasteiger charge is 2.31. The molecule has 0 amide bonds. The Morgan fingerprint density at radius 1 is 0.900 bits per heavy atom. The van der Waals surface area contributed by atoms with E-state index in [0.29, 0.717) is 0 Å². The van der Waals surface area contributed by atoms with Crippen LogP contribution in [-0.2, 0) is 6.54 Å². The fourth-order valence-corrected chi connectivity index (χ4v) is 4.06. The van der Waals surface area contributed by atoms with E-state index in [2.05, 4.69) is 37.3 Å². The number of benzene rings is 1. The van der Waals surface area contributed by atoms with Crippen LogP contribution in [0.4, 0.5) is 0 Å². The van der Waals surface area contributed by atoms with Gasteiger partial charge in [-0.05, 0) is 31.6 Å². The summed E-state index contributed by atoms with van der Waals surface area (Å²) >= 11 is 0. The summed E-state index contributed by atoms with van der Waals surface area (Å²) in [6.45, 7) is 9.14. The Morgan fingerprint density at radius 3 is 2.20 bits per heavy atom. The lowest BCUT2D eigenvalue weighted by molar-refractivity contribution is -1.03.